The maximum atomic E-state index is 13.7. The molecule has 0 amide bonds. The van der Waals surface area contributed by atoms with Crippen molar-refractivity contribution in [1.82, 2.24) is 14.3 Å². The number of nitrogens with one attached hydrogen (secondary N) is 1. The molecular weight excluding hydrogens is 505 g/mol. The van der Waals surface area contributed by atoms with Crippen LogP contribution in [0.25, 0.3) is 0 Å². The quantitative estimate of drug-likeness (QED) is 0.463. The summed E-state index contributed by atoms with van der Waals surface area (Å²) in [6, 6.07) is 11.0. The highest BCUT2D eigenvalue weighted by Crippen LogP contribution is 2.34. The van der Waals surface area contributed by atoms with Gasteiger partial charge in [-0.15, -0.1) is 0 Å². The molecule has 0 radical (unpaired) electrons. The number of nitrogens with zero attached hydrogens (tertiary/aromatic N) is 3. The second-order valence-corrected chi connectivity index (χ2v) is 11.5. The van der Waals surface area contributed by atoms with Gasteiger partial charge in [-0.2, -0.15) is 17.5 Å². The number of hydrogen-bond donors (Lipinski definition) is 1. The molecule has 1 N–H and O–H groups in total. The van der Waals surface area contributed by atoms with Crippen molar-refractivity contribution in [3.63, 3.8) is 0 Å². The number of rotatable bonds is 7. The number of aromatic amines is 1. The van der Waals surface area contributed by atoms with Crippen LogP contribution in [0.1, 0.15) is 42.5 Å². The molecule has 3 aromatic rings. The predicted octanol–water partition coefficient (Wildman–Crippen LogP) is 4.97. The normalized spacial score (nSPS) is 19.6. The van der Waals surface area contributed by atoms with E-state index < -0.39 is 21.8 Å². The zero-order chi connectivity index (χ0) is 26.0. The van der Waals surface area contributed by atoms with Gasteiger partial charge in [0.05, 0.1) is 47.8 Å². The summed E-state index contributed by atoms with van der Waals surface area (Å²) in [5.74, 6) is 0. The van der Waals surface area contributed by atoms with Crippen LogP contribution >= 0.6 is 0 Å². The summed E-state index contributed by atoms with van der Waals surface area (Å²) in [6.07, 6.45) is 3.14. The first-order valence-electron chi connectivity index (χ1n) is 12.3. The van der Waals surface area contributed by atoms with Crippen molar-refractivity contribution >= 4 is 15.7 Å². The van der Waals surface area contributed by atoms with E-state index in [1.165, 1.54) is 4.31 Å². The lowest BCUT2D eigenvalue weighted by Gasteiger charge is -2.34. The third kappa shape index (κ3) is 5.68. The Labute approximate surface area is 214 Å². The molecule has 2 aromatic carbocycles. The highest BCUT2D eigenvalue weighted by atomic mass is 32.2. The predicted molar refractivity (Wildman–Crippen MR) is 132 cm³/mol. The molecule has 0 spiro atoms. The van der Waals surface area contributed by atoms with Gasteiger partial charge < -0.3 is 14.6 Å². The van der Waals surface area contributed by atoms with Crippen LogP contribution in [0.4, 0.5) is 18.9 Å². The standard InChI is InChI=1S/C26H29F3N4O3S/c27-26(28,29)20-9-11-24(12-10-20)37(34,35)32-14-19-5-1-4-8-25(19)33(15-21-13-30-18-31-21)22(16-32)17-36-23-6-2-3-7-23/h1,4-5,8-13,18,22-23H,2-3,6-7,14-17H2,(H,30,31)/t22-/m1/s1. The molecule has 1 aromatic heterocycles. The number of halogens is 3. The van der Waals surface area contributed by atoms with Crippen molar-refractivity contribution in [2.24, 2.45) is 0 Å². The first-order valence-corrected chi connectivity index (χ1v) is 13.8. The summed E-state index contributed by atoms with van der Waals surface area (Å²) in [5, 5.41) is 0. The average Bonchev–Trinajstić information content (AvgIpc) is 3.56. The Morgan fingerprint density at radius 3 is 2.46 bits per heavy atom. The van der Waals surface area contributed by atoms with Gasteiger partial charge in [-0.1, -0.05) is 31.0 Å². The number of anilines is 1. The lowest BCUT2D eigenvalue weighted by molar-refractivity contribution is -0.137. The molecule has 1 aliphatic carbocycles. The van der Waals surface area contributed by atoms with E-state index in [4.69, 9.17) is 4.74 Å². The first kappa shape index (κ1) is 25.7. The maximum Gasteiger partial charge on any atom is 0.416 e. The zero-order valence-corrected chi connectivity index (χ0v) is 21.0. The number of H-pyrrole nitrogens is 1. The van der Waals surface area contributed by atoms with Crippen LogP contribution in [0.15, 0.2) is 66.0 Å². The van der Waals surface area contributed by atoms with Crippen LogP contribution in [-0.2, 0) is 34.0 Å². The summed E-state index contributed by atoms with van der Waals surface area (Å²) in [6.45, 7) is 1.02. The smallest absolute Gasteiger partial charge is 0.376 e. The van der Waals surface area contributed by atoms with Crippen molar-refractivity contribution in [2.45, 2.75) is 62.0 Å². The van der Waals surface area contributed by atoms with Gasteiger partial charge >= 0.3 is 6.18 Å². The Hall–Kier alpha value is -2.89. The summed E-state index contributed by atoms with van der Waals surface area (Å²) in [7, 11) is -4.08. The van der Waals surface area contributed by atoms with Crippen molar-refractivity contribution in [2.75, 3.05) is 18.1 Å². The molecule has 11 heteroatoms. The largest absolute Gasteiger partial charge is 0.416 e. The summed E-state index contributed by atoms with van der Waals surface area (Å²) in [5.41, 5.74) is 1.68. The second-order valence-electron chi connectivity index (χ2n) is 9.55. The van der Waals surface area contributed by atoms with Gasteiger partial charge in [0.25, 0.3) is 0 Å². The van der Waals surface area contributed by atoms with E-state index in [0.29, 0.717) is 13.2 Å². The molecule has 2 heterocycles. The Kier molecular flexibility index (Phi) is 7.28. The van der Waals surface area contributed by atoms with E-state index in [1.807, 2.05) is 24.3 Å². The summed E-state index contributed by atoms with van der Waals surface area (Å²) < 4.78 is 74.2. The minimum absolute atomic E-state index is 0.0962. The highest BCUT2D eigenvalue weighted by molar-refractivity contribution is 7.89. The maximum absolute atomic E-state index is 13.7. The molecule has 1 saturated carbocycles. The number of fused-ring (bicyclic) bond motifs is 1. The SMILES string of the molecule is O=S(=O)(c1ccc(C(F)(F)F)cc1)N1Cc2ccccc2N(Cc2cnc[nH]2)[C@@H](COC2CCCC2)C1. The van der Waals surface area contributed by atoms with Crippen molar-refractivity contribution in [1.29, 1.82) is 0 Å². The molecule has 0 unspecified atom stereocenters. The van der Waals surface area contributed by atoms with E-state index in [9.17, 15) is 21.6 Å². The molecule has 0 saturated heterocycles. The minimum atomic E-state index is -4.54. The number of aromatic nitrogens is 2. The summed E-state index contributed by atoms with van der Waals surface area (Å²) in [4.78, 5) is 9.21. The van der Waals surface area contributed by atoms with E-state index in [0.717, 1.165) is 66.9 Å². The monoisotopic (exact) mass is 534 g/mol. The zero-order valence-electron chi connectivity index (χ0n) is 20.2. The second kappa shape index (κ2) is 10.5. The number of benzene rings is 2. The minimum Gasteiger partial charge on any atom is -0.376 e. The number of sulfonamides is 1. The van der Waals surface area contributed by atoms with Crippen LogP contribution in [0.2, 0.25) is 0 Å². The van der Waals surface area contributed by atoms with Crippen LogP contribution in [0, 0.1) is 0 Å². The van der Waals surface area contributed by atoms with Crippen LogP contribution in [0.3, 0.4) is 0 Å². The third-order valence-corrected chi connectivity index (χ3v) is 8.87. The Bertz CT molecular complexity index is 1290. The van der Waals surface area contributed by atoms with Crippen molar-refractivity contribution in [3.05, 3.63) is 77.9 Å². The summed E-state index contributed by atoms with van der Waals surface area (Å²) >= 11 is 0. The van der Waals surface area contributed by atoms with Gasteiger partial charge in [-0.05, 0) is 48.7 Å². The van der Waals surface area contributed by atoms with Crippen LogP contribution < -0.4 is 4.90 Å². The topological polar surface area (TPSA) is 78.5 Å². The van der Waals surface area contributed by atoms with E-state index in [1.54, 1.807) is 12.5 Å². The molecule has 2 aliphatic rings. The molecule has 198 valence electrons. The lowest BCUT2D eigenvalue weighted by atomic mass is 10.1. The van der Waals surface area contributed by atoms with Gasteiger partial charge in [0.15, 0.2) is 0 Å². The molecule has 7 nitrogen and oxygen atoms in total. The van der Waals surface area contributed by atoms with E-state index >= 15 is 0 Å². The number of hydrogen-bond acceptors (Lipinski definition) is 5. The number of imidazole rings is 1. The van der Waals surface area contributed by atoms with Gasteiger partial charge in [0.1, 0.15) is 0 Å². The molecule has 37 heavy (non-hydrogen) atoms. The molecular formula is C26H29F3N4O3S. The number of ether oxygens (including phenoxy) is 1. The lowest BCUT2D eigenvalue weighted by Crippen LogP contribution is -2.46. The van der Waals surface area contributed by atoms with Gasteiger partial charge in [0, 0.05) is 25.0 Å². The molecule has 1 fully saturated rings. The Morgan fingerprint density at radius 1 is 1.05 bits per heavy atom. The number of alkyl halides is 3. The van der Waals surface area contributed by atoms with Gasteiger partial charge in [-0.3, -0.25) is 0 Å². The number of para-hydroxylation sites is 1. The van der Waals surface area contributed by atoms with Gasteiger partial charge in [0.2, 0.25) is 10.0 Å². The first-order chi connectivity index (χ1) is 17.7. The van der Waals surface area contributed by atoms with Crippen molar-refractivity contribution in [3.8, 4) is 0 Å². The highest BCUT2D eigenvalue weighted by Gasteiger charge is 2.36. The average molecular weight is 535 g/mol. The fourth-order valence-electron chi connectivity index (χ4n) is 5.07. The molecule has 1 aliphatic heterocycles. The van der Waals surface area contributed by atoms with E-state index in [-0.39, 0.29) is 30.1 Å². The third-order valence-electron chi connectivity index (χ3n) is 7.04. The van der Waals surface area contributed by atoms with Crippen molar-refractivity contribution < 1.29 is 26.3 Å². The molecule has 0 bridgehead atoms. The molecule has 1 atom stereocenters. The van der Waals surface area contributed by atoms with Crippen LogP contribution in [0.5, 0.6) is 0 Å². The fraction of sp³-hybridized carbons (Fsp3) is 0.423. The van der Waals surface area contributed by atoms with Gasteiger partial charge in [-0.25, -0.2) is 13.4 Å². The Balaban J connectivity index is 1.49. The van der Waals surface area contributed by atoms with Crippen LogP contribution in [-0.4, -0.2) is 48.0 Å². The van der Waals surface area contributed by atoms with E-state index in [2.05, 4.69) is 14.9 Å². The molecule has 5 rings (SSSR count). The Morgan fingerprint density at radius 2 is 1.78 bits per heavy atom. The fourth-order valence-corrected chi connectivity index (χ4v) is 6.53.